The average molecular weight is 176 g/mol. The summed E-state index contributed by atoms with van der Waals surface area (Å²) in [5.74, 6) is 0.436. The van der Waals surface area contributed by atoms with Crippen molar-refractivity contribution < 1.29 is 4.79 Å². The molecule has 2 rings (SSSR count). The molecule has 2 heterocycles. The van der Waals surface area contributed by atoms with E-state index < -0.39 is 0 Å². The minimum absolute atomic E-state index is 0.0596. The van der Waals surface area contributed by atoms with Crippen LogP contribution in [0.4, 0.5) is 0 Å². The van der Waals surface area contributed by atoms with Crippen LogP contribution in [0.5, 0.6) is 0 Å². The van der Waals surface area contributed by atoms with Crippen LogP contribution in [-0.2, 0) is 0 Å². The highest BCUT2D eigenvalue weighted by Gasteiger charge is 2.20. The molecule has 3 heteroatoms. The lowest BCUT2D eigenvalue weighted by Gasteiger charge is -2.17. The highest BCUT2D eigenvalue weighted by Crippen LogP contribution is 2.14. The molecule has 1 aliphatic rings. The summed E-state index contributed by atoms with van der Waals surface area (Å²) >= 11 is 0. The van der Waals surface area contributed by atoms with Crippen LogP contribution in [0.3, 0.4) is 0 Å². The van der Waals surface area contributed by atoms with E-state index in [1.807, 2.05) is 12.1 Å². The van der Waals surface area contributed by atoms with Crippen molar-refractivity contribution in [3.8, 4) is 0 Å². The van der Waals surface area contributed by atoms with Gasteiger partial charge in [-0.1, -0.05) is 13.8 Å². The molecule has 0 unspecified atom stereocenters. The van der Waals surface area contributed by atoms with E-state index in [1.165, 1.54) is 0 Å². The molecule has 1 aromatic rings. The summed E-state index contributed by atoms with van der Waals surface area (Å²) < 4.78 is 1.68. The molecule has 0 aliphatic carbocycles. The van der Waals surface area contributed by atoms with Gasteiger partial charge in [-0.3, -0.25) is 14.4 Å². The Hall–Kier alpha value is -1.38. The molecule has 0 bridgehead atoms. The molecule has 0 radical (unpaired) electrons. The molecule has 68 valence electrons. The quantitative estimate of drug-likeness (QED) is 0.639. The van der Waals surface area contributed by atoms with Crippen LogP contribution in [0.1, 0.15) is 24.3 Å². The highest BCUT2D eigenvalue weighted by molar-refractivity contribution is 6.06. The Labute approximate surface area is 77.1 Å². The summed E-state index contributed by atoms with van der Waals surface area (Å²) in [5, 5.41) is 0. The van der Waals surface area contributed by atoms with Gasteiger partial charge in [-0.2, -0.15) is 0 Å². The predicted octanol–water partition coefficient (Wildman–Crippen LogP) is 1.59. The second-order valence-electron chi connectivity index (χ2n) is 3.51. The molecule has 0 fully saturated rings. The Morgan fingerprint density at radius 2 is 2.31 bits per heavy atom. The van der Waals surface area contributed by atoms with Gasteiger partial charge in [0.2, 0.25) is 0 Å². The fraction of sp³-hybridized carbons (Fsp3) is 0.400. The van der Waals surface area contributed by atoms with Crippen molar-refractivity contribution in [3.63, 3.8) is 0 Å². The van der Waals surface area contributed by atoms with Gasteiger partial charge in [0.15, 0.2) is 0 Å². The van der Waals surface area contributed by atoms with Crippen LogP contribution in [0, 0.1) is 5.92 Å². The van der Waals surface area contributed by atoms with Crippen LogP contribution >= 0.6 is 0 Å². The zero-order chi connectivity index (χ0) is 9.42. The van der Waals surface area contributed by atoms with Crippen LogP contribution in [0.2, 0.25) is 0 Å². The number of aromatic nitrogens is 1. The average Bonchev–Trinajstić information content (AvgIpc) is 2.53. The fourth-order valence-electron chi connectivity index (χ4n) is 1.60. The third kappa shape index (κ3) is 1.20. The smallest absolute Gasteiger partial charge is 0.252 e. The molecule has 3 nitrogen and oxygen atoms in total. The third-order valence-corrected chi connectivity index (χ3v) is 2.21. The molecule has 0 saturated carbocycles. The van der Waals surface area contributed by atoms with E-state index in [1.54, 1.807) is 10.8 Å². The first-order valence-corrected chi connectivity index (χ1v) is 4.45. The molecule has 0 amide bonds. The number of carbonyl (C=O) groups is 1. The molecule has 0 atom stereocenters. The molecule has 0 N–H and O–H groups in total. The number of nitrogens with zero attached hydrogens (tertiary/aromatic N) is 2. The molecule has 0 spiro atoms. The van der Waals surface area contributed by atoms with Gasteiger partial charge >= 0.3 is 0 Å². The van der Waals surface area contributed by atoms with Crippen LogP contribution in [0.15, 0.2) is 23.3 Å². The van der Waals surface area contributed by atoms with Crippen molar-refractivity contribution in [1.29, 1.82) is 0 Å². The topological polar surface area (TPSA) is 34.4 Å². The number of hydrogen-bond donors (Lipinski definition) is 0. The van der Waals surface area contributed by atoms with E-state index in [2.05, 4.69) is 18.8 Å². The lowest BCUT2D eigenvalue weighted by molar-refractivity contribution is 0.0920. The van der Waals surface area contributed by atoms with Crippen LogP contribution < -0.4 is 0 Å². The second-order valence-corrected chi connectivity index (χ2v) is 3.51. The van der Waals surface area contributed by atoms with Crippen molar-refractivity contribution in [1.82, 2.24) is 4.57 Å². The number of carbonyl (C=O) groups excluding carboxylic acids is 1. The zero-order valence-corrected chi connectivity index (χ0v) is 7.82. The van der Waals surface area contributed by atoms with Gasteiger partial charge in [0, 0.05) is 6.20 Å². The number of rotatable bonds is 1. The summed E-state index contributed by atoms with van der Waals surface area (Å²) in [4.78, 5) is 15.6. The van der Waals surface area contributed by atoms with Crippen LogP contribution in [-0.4, -0.2) is 22.7 Å². The summed E-state index contributed by atoms with van der Waals surface area (Å²) in [6, 6.07) is 3.83. The molecule has 13 heavy (non-hydrogen) atoms. The van der Waals surface area contributed by atoms with Gasteiger partial charge < -0.3 is 0 Å². The third-order valence-electron chi connectivity index (χ3n) is 2.21. The molecule has 0 aromatic carbocycles. The van der Waals surface area contributed by atoms with Crippen molar-refractivity contribution >= 4 is 11.6 Å². The van der Waals surface area contributed by atoms with Gasteiger partial charge in [-0.15, -0.1) is 0 Å². The Balaban J connectivity index is 2.52. The second kappa shape index (κ2) is 2.83. The normalized spacial score (nSPS) is 15.9. The van der Waals surface area contributed by atoms with Gasteiger partial charge in [0.1, 0.15) is 6.54 Å². The summed E-state index contributed by atoms with van der Waals surface area (Å²) in [6.07, 6.45) is 1.80. The first-order valence-electron chi connectivity index (χ1n) is 4.45. The van der Waals surface area contributed by atoms with E-state index in [-0.39, 0.29) is 12.5 Å². The maximum Gasteiger partial charge on any atom is 0.252 e. The van der Waals surface area contributed by atoms with E-state index >= 15 is 0 Å². The molecule has 1 aromatic heterocycles. The van der Waals surface area contributed by atoms with E-state index in [0.29, 0.717) is 5.92 Å². The zero-order valence-electron chi connectivity index (χ0n) is 7.82. The molecular weight excluding hydrogens is 164 g/mol. The summed E-state index contributed by atoms with van der Waals surface area (Å²) in [5.41, 5.74) is 1.98. The maximum absolute atomic E-state index is 11.4. The van der Waals surface area contributed by atoms with Crippen LogP contribution in [0.25, 0.3) is 0 Å². The number of hydrogen-bond acceptors (Lipinski definition) is 2. The Morgan fingerprint density at radius 3 is 3.00 bits per heavy atom. The van der Waals surface area contributed by atoms with Crippen molar-refractivity contribution in [2.75, 3.05) is 6.54 Å². The Morgan fingerprint density at radius 1 is 1.54 bits per heavy atom. The lowest BCUT2D eigenvalue weighted by Crippen LogP contribution is -2.27. The first kappa shape index (κ1) is 8.23. The number of fused-ring (bicyclic) bond motifs is 1. The molecular formula is C10H12N2O. The van der Waals surface area contributed by atoms with Gasteiger partial charge in [0.25, 0.3) is 5.91 Å². The minimum Gasteiger partial charge on any atom is -0.284 e. The fourth-order valence-corrected chi connectivity index (χ4v) is 1.60. The van der Waals surface area contributed by atoms with Crippen molar-refractivity contribution in [3.05, 3.63) is 24.0 Å². The van der Waals surface area contributed by atoms with Gasteiger partial charge in [0.05, 0.1) is 11.4 Å². The SMILES string of the molecule is CC(C)C1=NCC(=O)n2cccc21. The Bertz CT molecular complexity index is 374. The minimum atomic E-state index is 0.0596. The first-order chi connectivity index (χ1) is 6.20. The largest absolute Gasteiger partial charge is 0.284 e. The van der Waals surface area contributed by atoms with E-state index in [4.69, 9.17) is 0 Å². The summed E-state index contributed by atoms with van der Waals surface area (Å²) in [7, 11) is 0. The summed E-state index contributed by atoms with van der Waals surface area (Å²) in [6.45, 7) is 4.47. The van der Waals surface area contributed by atoms with Crippen molar-refractivity contribution in [2.24, 2.45) is 10.9 Å². The highest BCUT2D eigenvalue weighted by atomic mass is 16.2. The lowest BCUT2D eigenvalue weighted by atomic mass is 10.0. The standard InChI is InChI=1S/C10H12N2O/c1-7(2)10-8-4-3-5-12(8)9(13)6-11-10/h3-5,7H,6H2,1-2H3. The van der Waals surface area contributed by atoms with E-state index in [0.717, 1.165) is 11.4 Å². The Kier molecular flexibility index (Phi) is 1.79. The molecule has 0 saturated heterocycles. The van der Waals surface area contributed by atoms with Gasteiger partial charge in [-0.05, 0) is 18.1 Å². The maximum atomic E-state index is 11.4. The van der Waals surface area contributed by atoms with Gasteiger partial charge in [-0.25, -0.2) is 0 Å². The van der Waals surface area contributed by atoms with Crippen molar-refractivity contribution in [2.45, 2.75) is 13.8 Å². The molecule has 1 aliphatic heterocycles. The monoisotopic (exact) mass is 176 g/mol. The predicted molar refractivity (Wildman–Crippen MR) is 51.3 cm³/mol. The van der Waals surface area contributed by atoms with E-state index in [9.17, 15) is 4.79 Å². The number of aliphatic imine (C=N–C) groups is 1.